The van der Waals surface area contributed by atoms with Gasteiger partial charge in [-0.1, -0.05) is 40.2 Å². The van der Waals surface area contributed by atoms with Gasteiger partial charge in [0.05, 0.1) is 17.0 Å². The minimum absolute atomic E-state index is 0.0938. The quantitative estimate of drug-likeness (QED) is 0.438. The average Bonchev–Trinajstić information content (AvgIpc) is 3.02. The Kier molecular flexibility index (Phi) is 4.06. The molecule has 4 aromatic rings. The molecule has 1 amide bonds. The molecular formula is C22H12BrFN2O3. The zero-order valence-corrected chi connectivity index (χ0v) is 16.4. The summed E-state index contributed by atoms with van der Waals surface area (Å²) in [6.07, 6.45) is 1.53. The molecule has 3 heterocycles. The average molecular weight is 451 g/mol. The molecular weight excluding hydrogens is 439 g/mol. The van der Waals surface area contributed by atoms with E-state index < -0.39 is 17.8 Å². The first-order chi connectivity index (χ1) is 14.1. The molecule has 0 spiro atoms. The molecule has 1 aliphatic rings. The molecule has 0 N–H and O–H groups in total. The number of hydrogen-bond donors (Lipinski definition) is 0. The first-order valence-corrected chi connectivity index (χ1v) is 9.61. The van der Waals surface area contributed by atoms with Crippen LogP contribution in [0.2, 0.25) is 0 Å². The van der Waals surface area contributed by atoms with Crippen LogP contribution in [0.15, 0.2) is 80.5 Å². The number of nitrogens with zero attached hydrogens (tertiary/aromatic N) is 2. The fraction of sp³-hybridized carbons (Fsp3) is 0.0455. The highest BCUT2D eigenvalue weighted by Gasteiger charge is 2.45. The number of benzene rings is 2. The third-order valence-corrected chi connectivity index (χ3v) is 5.42. The predicted molar refractivity (Wildman–Crippen MR) is 109 cm³/mol. The molecule has 0 saturated heterocycles. The summed E-state index contributed by atoms with van der Waals surface area (Å²) in [7, 11) is 0. The molecule has 7 heteroatoms. The number of rotatable bonds is 2. The predicted octanol–water partition coefficient (Wildman–Crippen LogP) is 4.84. The molecule has 0 radical (unpaired) electrons. The van der Waals surface area contributed by atoms with Crippen LogP contribution in [0.1, 0.15) is 27.7 Å². The number of carbonyl (C=O) groups excluding carboxylic acids is 1. The number of aromatic nitrogens is 1. The third-order valence-electron chi connectivity index (χ3n) is 4.93. The molecule has 142 valence electrons. The molecule has 2 aromatic carbocycles. The van der Waals surface area contributed by atoms with Crippen LogP contribution in [0.3, 0.4) is 0 Å². The van der Waals surface area contributed by atoms with E-state index in [1.807, 2.05) is 0 Å². The standard InChI is InChI=1S/C22H12BrFN2O3/c23-12-8-9-16-14(11-12)20(27)18-19(13-5-1-2-6-15(13)24)26(22(28)21(18)29-16)17-7-3-4-10-25-17/h1-11,19H. The SMILES string of the molecule is O=C1c2oc3ccc(Br)cc3c(=O)c2C(c2ccccc2F)N1c1ccccn1. The lowest BCUT2D eigenvalue weighted by atomic mass is 9.98. The number of carbonyl (C=O) groups is 1. The summed E-state index contributed by atoms with van der Waals surface area (Å²) in [4.78, 5) is 32.2. The largest absolute Gasteiger partial charge is 0.450 e. The van der Waals surface area contributed by atoms with Gasteiger partial charge in [0.1, 0.15) is 17.2 Å². The van der Waals surface area contributed by atoms with Crippen molar-refractivity contribution in [2.24, 2.45) is 0 Å². The molecule has 1 atom stereocenters. The van der Waals surface area contributed by atoms with Crippen molar-refractivity contribution >= 4 is 38.6 Å². The van der Waals surface area contributed by atoms with E-state index in [0.29, 0.717) is 21.3 Å². The summed E-state index contributed by atoms with van der Waals surface area (Å²) >= 11 is 3.35. The van der Waals surface area contributed by atoms with Crippen molar-refractivity contribution in [1.82, 2.24) is 4.98 Å². The maximum absolute atomic E-state index is 14.8. The van der Waals surface area contributed by atoms with Crippen LogP contribution in [-0.4, -0.2) is 10.9 Å². The number of halogens is 2. The summed E-state index contributed by atoms with van der Waals surface area (Å²) in [5.41, 5.74) is 0.228. The zero-order chi connectivity index (χ0) is 20.1. The van der Waals surface area contributed by atoms with E-state index in [0.717, 1.165) is 0 Å². The lowest BCUT2D eigenvalue weighted by molar-refractivity contribution is 0.0970. The lowest BCUT2D eigenvalue weighted by Gasteiger charge is -2.24. The van der Waals surface area contributed by atoms with Gasteiger partial charge in [-0.25, -0.2) is 9.37 Å². The first-order valence-electron chi connectivity index (χ1n) is 8.81. The Morgan fingerprint density at radius 3 is 2.59 bits per heavy atom. The normalized spacial score (nSPS) is 15.7. The van der Waals surface area contributed by atoms with E-state index in [9.17, 15) is 14.0 Å². The Labute approximate surface area is 172 Å². The Morgan fingerprint density at radius 2 is 1.83 bits per heavy atom. The molecule has 1 aliphatic heterocycles. The molecule has 0 fully saturated rings. The number of anilines is 1. The fourth-order valence-electron chi connectivity index (χ4n) is 3.67. The van der Waals surface area contributed by atoms with Gasteiger partial charge in [0, 0.05) is 16.2 Å². The maximum atomic E-state index is 14.8. The summed E-state index contributed by atoms with van der Waals surface area (Å²) in [5.74, 6) is -0.841. The van der Waals surface area contributed by atoms with Gasteiger partial charge in [-0.3, -0.25) is 14.5 Å². The van der Waals surface area contributed by atoms with Crippen LogP contribution < -0.4 is 10.3 Å². The number of amides is 1. The van der Waals surface area contributed by atoms with Crippen molar-refractivity contribution in [1.29, 1.82) is 0 Å². The molecule has 0 bridgehead atoms. The zero-order valence-electron chi connectivity index (χ0n) is 14.8. The molecule has 2 aromatic heterocycles. The second-order valence-corrected chi connectivity index (χ2v) is 7.52. The van der Waals surface area contributed by atoms with E-state index in [1.54, 1.807) is 54.6 Å². The third kappa shape index (κ3) is 2.69. The highest BCUT2D eigenvalue weighted by molar-refractivity contribution is 9.10. The highest BCUT2D eigenvalue weighted by atomic mass is 79.9. The number of fused-ring (bicyclic) bond motifs is 2. The van der Waals surface area contributed by atoms with Crippen LogP contribution >= 0.6 is 15.9 Å². The van der Waals surface area contributed by atoms with Gasteiger partial charge >= 0.3 is 0 Å². The number of pyridine rings is 1. The summed E-state index contributed by atoms with van der Waals surface area (Å²) < 4.78 is 21.3. The van der Waals surface area contributed by atoms with Crippen molar-refractivity contribution in [2.75, 3.05) is 4.90 Å². The van der Waals surface area contributed by atoms with Gasteiger partial charge < -0.3 is 4.42 Å². The van der Waals surface area contributed by atoms with Gasteiger partial charge in [-0.05, 0) is 36.4 Å². The van der Waals surface area contributed by atoms with Gasteiger partial charge in [-0.2, -0.15) is 0 Å². The Bertz CT molecular complexity index is 1340. The molecule has 0 aliphatic carbocycles. The molecule has 5 rings (SSSR count). The molecule has 0 saturated carbocycles. The summed E-state index contributed by atoms with van der Waals surface area (Å²) in [6, 6.07) is 15.1. The second kappa shape index (κ2) is 6.63. The van der Waals surface area contributed by atoms with Crippen molar-refractivity contribution in [2.45, 2.75) is 6.04 Å². The maximum Gasteiger partial charge on any atom is 0.296 e. The van der Waals surface area contributed by atoms with Crippen LogP contribution in [0.5, 0.6) is 0 Å². The van der Waals surface area contributed by atoms with E-state index in [-0.39, 0.29) is 22.3 Å². The van der Waals surface area contributed by atoms with Gasteiger partial charge in [-0.15, -0.1) is 0 Å². The van der Waals surface area contributed by atoms with E-state index in [2.05, 4.69) is 20.9 Å². The Morgan fingerprint density at radius 1 is 1.03 bits per heavy atom. The van der Waals surface area contributed by atoms with Crippen molar-refractivity contribution in [3.63, 3.8) is 0 Å². The fourth-order valence-corrected chi connectivity index (χ4v) is 4.03. The highest BCUT2D eigenvalue weighted by Crippen LogP contribution is 2.41. The second-order valence-electron chi connectivity index (χ2n) is 6.60. The van der Waals surface area contributed by atoms with Crippen molar-refractivity contribution in [3.05, 3.63) is 104 Å². The van der Waals surface area contributed by atoms with Crippen molar-refractivity contribution < 1.29 is 13.6 Å². The first kappa shape index (κ1) is 17.8. The van der Waals surface area contributed by atoms with Gasteiger partial charge in [0.25, 0.3) is 5.91 Å². The topological polar surface area (TPSA) is 63.4 Å². The van der Waals surface area contributed by atoms with Crippen molar-refractivity contribution in [3.8, 4) is 0 Å². The number of hydrogen-bond acceptors (Lipinski definition) is 4. The summed E-state index contributed by atoms with van der Waals surface area (Å²) in [6.45, 7) is 0. The van der Waals surface area contributed by atoms with Gasteiger partial charge in [0.15, 0.2) is 5.43 Å². The Balaban J connectivity index is 1.86. The minimum atomic E-state index is -0.978. The van der Waals surface area contributed by atoms with E-state index in [1.165, 1.54) is 17.2 Å². The van der Waals surface area contributed by atoms with Crippen LogP contribution in [0, 0.1) is 5.82 Å². The van der Waals surface area contributed by atoms with Crippen LogP contribution in [0.4, 0.5) is 10.2 Å². The molecule has 1 unspecified atom stereocenters. The van der Waals surface area contributed by atoms with E-state index >= 15 is 0 Å². The lowest BCUT2D eigenvalue weighted by Crippen LogP contribution is -2.30. The van der Waals surface area contributed by atoms with E-state index in [4.69, 9.17) is 4.42 Å². The van der Waals surface area contributed by atoms with Crippen LogP contribution in [-0.2, 0) is 0 Å². The smallest absolute Gasteiger partial charge is 0.296 e. The molecule has 5 nitrogen and oxygen atoms in total. The van der Waals surface area contributed by atoms with Crippen LogP contribution in [0.25, 0.3) is 11.0 Å². The monoisotopic (exact) mass is 450 g/mol. The molecule has 29 heavy (non-hydrogen) atoms. The minimum Gasteiger partial charge on any atom is -0.450 e. The summed E-state index contributed by atoms with van der Waals surface area (Å²) in [5, 5.41) is 0.315. The Hall–Kier alpha value is -3.32. The van der Waals surface area contributed by atoms with Gasteiger partial charge in [0.2, 0.25) is 5.76 Å².